The molecule has 0 aromatic heterocycles. The van der Waals surface area contributed by atoms with Crippen LogP contribution in [0, 0.1) is 47.3 Å². The molecule has 0 heterocycles. The second-order valence-corrected chi connectivity index (χ2v) is 24.1. The molecule has 2 aromatic rings. The minimum atomic E-state index is 0.196. The van der Waals surface area contributed by atoms with Gasteiger partial charge in [0.15, 0.2) is 0 Å². The predicted molar refractivity (Wildman–Crippen MR) is 293 cm³/mol. The molecule has 4 saturated carbocycles. The highest BCUT2D eigenvalue weighted by Gasteiger charge is 2.39. The van der Waals surface area contributed by atoms with E-state index in [0.29, 0.717) is 11.8 Å². The van der Waals surface area contributed by atoms with E-state index >= 15 is 0 Å². The molecule has 0 radical (unpaired) electrons. The molecule has 1 heteroatoms. The average molecular weight is 920 g/mol. The van der Waals surface area contributed by atoms with E-state index in [1.54, 1.807) is 0 Å². The predicted octanol–water partition coefficient (Wildman–Crippen LogP) is 21.5. The summed E-state index contributed by atoms with van der Waals surface area (Å²) in [6, 6.07) is 20.1. The fourth-order valence-corrected chi connectivity index (χ4v) is 14.5. The van der Waals surface area contributed by atoms with Gasteiger partial charge in [-0.15, -0.1) is 0 Å². The second kappa shape index (κ2) is 32.4. The number of rotatable bonds is 32. The lowest BCUT2D eigenvalue weighted by Crippen LogP contribution is -2.31. The van der Waals surface area contributed by atoms with Gasteiger partial charge in [0.2, 0.25) is 0 Å². The van der Waals surface area contributed by atoms with Gasteiger partial charge in [-0.25, -0.2) is 0 Å². The highest BCUT2D eigenvalue weighted by Crippen LogP contribution is 2.50. The Kier molecular flexibility index (Phi) is 26.5. The molecule has 4 aliphatic rings. The second-order valence-electron chi connectivity index (χ2n) is 24.1. The minimum absolute atomic E-state index is 0.196. The molecule has 4 aliphatic carbocycles. The first-order valence-corrected chi connectivity index (χ1v) is 30.9. The number of unbranched alkanes of at least 4 members (excludes halogenated alkanes) is 16. The molecule has 2 aromatic carbocycles. The quantitative estimate of drug-likeness (QED) is 0.0665. The lowest BCUT2D eigenvalue weighted by molar-refractivity contribution is -0.0934. The Labute approximate surface area is 417 Å². The van der Waals surface area contributed by atoms with Gasteiger partial charge in [-0.05, 0) is 172 Å². The molecular weight excluding hydrogens is 809 g/mol. The molecule has 0 aliphatic heterocycles. The van der Waals surface area contributed by atoms with Gasteiger partial charge in [0.25, 0.3) is 0 Å². The third-order valence-corrected chi connectivity index (χ3v) is 19.1. The van der Waals surface area contributed by atoms with Gasteiger partial charge in [0, 0.05) is 0 Å². The van der Waals surface area contributed by atoms with Crippen LogP contribution < -0.4 is 0 Å². The van der Waals surface area contributed by atoms with Crippen molar-refractivity contribution in [1.82, 2.24) is 0 Å². The van der Waals surface area contributed by atoms with Gasteiger partial charge < -0.3 is 4.74 Å². The molecule has 2 atom stereocenters. The Morgan fingerprint density at radius 3 is 0.925 bits per heavy atom. The van der Waals surface area contributed by atoms with E-state index in [4.69, 9.17) is 4.74 Å². The van der Waals surface area contributed by atoms with Crippen LogP contribution in [0.25, 0.3) is 0 Å². The summed E-state index contributed by atoms with van der Waals surface area (Å²) in [4.78, 5) is 0. The van der Waals surface area contributed by atoms with Crippen LogP contribution in [0.1, 0.15) is 306 Å². The topological polar surface area (TPSA) is 9.23 Å². The van der Waals surface area contributed by atoms with Crippen molar-refractivity contribution in [3.8, 4) is 0 Å². The van der Waals surface area contributed by atoms with Crippen molar-refractivity contribution in [1.29, 1.82) is 0 Å². The van der Waals surface area contributed by atoms with Gasteiger partial charge >= 0.3 is 0 Å². The Morgan fingerprint density at radius 1 is 0.328 bits per heavy atom. The molecule has 1 nitrogen and oxygen atoms in total. The first-order chi connectivity index (χ1) is 33.1. The number of hydrogen-bond acceptors (Lipinski definition) is 1. The molecule has 6 rings (SSSR count). The highest BCUT2D eigenvalue weighted by molar-refractivity contribution is 5.28. The van der Waals surface area contributed by atoms with E-state index in [1.807, 2.05) is 0 Å². The summed E-state index contributed by atoms with van der Waals surface area (Å²) in [7, 11) is 0. The first kappa shape index (κ1) is 54.7. The number of ether oxygens (including phenoxy) is 1. The van der Waals surface area contributed by atoms with Crippen molar-refractivity contribution in [3.05, 3.63) is 70.8 Å². The molecule has 0 amide bonds. The van der Waals surface area contributed by atoms with E-state index in [0.717, 1.165) is 35.5 Å². The highest BCUT2D eigenvalue weighted by atomic mass is 16.5. The van der Waals surface area contributed by atoms with Gasteiger partial charge in [0.05, 0.1) is 12.2 Å². The van der Waals surface area contributed by atoms with Gasteiger partial charge in [-0.3, -0.25) is 0 Å². The summed E-state index contributed by atoms with van der Waals surface area (Å²) in [6.45, 7) is 9.34. The van der Waals surface area contributed by atoms with Crippen LogP contribution in [0.3, 0.4) is 0 Å². The lowest BCUT2D eigenvalue weighted by atomic mass is 9.67. The van der Waals surface area contributed by atoms with Crippen molar-refractivity contribution < 1.29 is 4.74 Å². The van der Waals surface area contributed by atoms with E-state index < -0.39 is 0 Å². The zero-order valence-electron chi connectivity index (χ0n) is 45.1. The summed E-state index contributed by atoms with van der Waals surface area (Å²) >= 11 is 0. The smallest absolute Gasteiger partial charge is 0.0861 e. The average Bonchev–Trinajstić information content (AvgIpc) is 3.37. The summed E-state index contributed by atoms with van der Waals surface area (Å²) in [5.74, 6) is 7.13. The molecule has 2 unspecified atom stereocenters. The summed E-state index contributed by atoms with van der Waals surface area (Å²) < 4.78 is 7.95. The maximum atomic E-state index is 7.95. The SMILES string of the molecule is CCCCCCCc1ccc(C(OC(c2ccc(CCCCCCC)cc2)[C@H]2CC[C@H]([C@H]3CC[C@H](CCCCCCC)CC3)CC2)[C@H]2CC[C@H]([C@H]3CC[C@H](CCCCCCC)CC3)CC2)cc1. The number of aryl methyl sites for hydroxylation is 2. The summed E-state index contributed by atoms with van der Waals surface area (Å²) in [5, 5.41) is 0. The molecule has 4 fully saturated rings. The minimum Gasteiger partial charge on any atom is -0.365 e. The Bertz CT molecular complexity index is 1360. The Balaban J connectivity index is 1.12. The fraction of sp³-hybridized carbons (Fsp3) is 0.818. The van der Waals surface area contributed by atoms with E-state index in [-0.39, 0.29) is 12.2 Å². The van der Waals surface area contributed by atoms with Crippen LogP contribution in [0.2, 0.25) is 0 Å². The molecule has 0 saturated heterocycles. The third-order valence-electron chi connectivity index (χ3n) is 19.1. The van der Waals surface area contributed by atoms with Crippen LogP contribution in [-0.4, -0.2) is 0 Å². The van der Waals surface area contributed by atoms with Crippen LogP contribution in [-0.2, 0) is 17.6 Å². The zero-order valence-corrected chi connectivity index (χ0v) is 45.1. The van der Waals surface area contributed by atoms with Crippen molar-refractivity contribution >= 4 is 0 Å². The third kappa shape index (κ3) is 19.2. The molecule has 0 bridgehead atoms. The molecule has 0 N–H and O–H groups in total. The van der Waals surface area contributed by atoms with Crippen LogP contribution in [0.4, 0.5) is 0 Å². The van der Waals surface area contributed by atoms with Crippen molar-refractivity contribution in [2.45, 2.75) is 297 Å². The molecule has 67 heavy (non-hydrogen) atoms. The normalized spacial score (nSPS) is 26.9. The van der Waals surface area contributed by atoms with E-state index in [2.05, 4.69) is 76.2 Å². The monoisotopic (exact) mass is 919 g/mol. The van der Waals surface area contributed by atoms with Crippen molar-refractivity contribution in [2.75, 3.05) is 0 Å². The van der Waals surface area contributed by atoms with Gasteiger partial charge in [-0.2, -0.15) is 0 Å². The lowest BCUT2D eigenvalue weighted by Gasteiger charge is -2.43. The molecule has 380 valence electrons. The molecule has 0 spiro atoms. The van der Waals surface area contributed by atoms with Crippen LogP contribution in [0.5, 0.6) is 0 Å². The largest absolute Gasteiger partial charge is 0.365 e. The Hall–Kier alpha value is -1.60. The van der Waals surface area contributed by atoms with E-state index in [9.17, 15) is 0 Å². The van der Waals surface area contributed by atoms with Crippen molar-refractivity contribution in [3.63, 3.8) is 0 Å². The number of benzene rings is 2. The van der Waals surface area contributed by atoms with Crippen LogP contribution >= 0.6 is 0 Å². The first-order valence-electron chi connectivity index (χ1n) is 30.9. The van der Waals surface area contributed by atoms with E-state index in [1.165, 1.54) is 279 Å². The van der Waals surface area contributed by atoms with Crippen molar-refractivity contribution in [2.24, 2.45) is 47.3 Å². The fourth-order valence-electron chi connectivity index (χ4n) is 14.5. The van der Waals surface area contributed by atoms with Crippen LogP contribution in [0.15, 0.2) is 48.5 Å². The molecular formula is C66H110O. The zero-order chi connectivity index (χ0) is 46.7. The standard InChI is InChI=1S/C66H110O/c1-5-9-13-17-21-25-53-29-37-57(38-30-53)59-45-49-63(50-46-59)65(61-41-33-55(34-42-61)27-23-19-15-11-7-3)67-66(62-43-35-56(36-44-62)28-24-20-16-12-8-4)64-51-47-60(48-52-64)58-39-31-54(32-40-58)26-22-18-14-10-6-2/h33-36,41-44,53-54,57-60,63-66H,5-32,37-40,45-52H2,1-4H3/t53-,54-,57-,58-,59-,60-,63-,64-,65?,66?. The Morgan fingerprint density at radius 2 is 0.612 bits per heavy atom. The van der Waals surface area contributed by atoms with Gasteiger partial charge in [-0.1, -0.05) is 230 Å². The summed E-state index contributed by atoms with van der Waals surface area (Å²) in [5.41, 5.74) is 6.00. The summed E-state index contributed by atoms with van der Waals surface area (Å²) in [6.07, 6.45) is 57.0. The maximum absolute atomic E-state index is 7.95. The van der Waals surface area contributed by atoms with Gasteiger partial charge in [0.1, 0.15) is 0 Å². The number of hydrogen-bond donors (Lipinski definition) is 0. The maximum Gasteiger partial charge on any atom is 0.0861 e.